The molecule has 5 heteroatoms. The monoisotopic (exact) mass is 359 g/mol. The summed E-state index contributed by atoms with van der Waals surface area (Å²) in [4.78, 5) is 24.3. The average Bonchev–Trinajstić information content (AvgIpc) is 2.69. The van der Waals surface area contributed by atoms with Gasteiger partial charge < -0.3 is 16.0 Å². The highest BCUT2D eigenvalue weighted by Crippen LogP contribution is 2.16. The summed E-state index contributed by atoms with van der Waals surface area (Å²) in [6, 6.07) is 23.9. The van der Waals surface area contributed by atoms with E-state index in [-0.39, 0.29) is 18.4 Å². The van der Waals surface area contributed by atoms with Crippen LogP contribution in [0.25, 0.3) is 0 Å². The van der Waals surface area contributed by atoms with Gasteiger partial charge in [-0.1, -0.05) is 42.0 Å². The van der Waals surface area contributed by atoms with Gasteiger partial charge in [0.1, 0.15) is 0 Å². The second-order valence-electron chi connectivity index (χ2n) is 6.17. The first kappa shape index (κ1) is 18.2. The largest absolute Gasteiger partial charge is 0.376 e. The molecule has 0 saturated carbocycles. The number of nitrogens with one attached hydrogen (secondary N) is 3. The van der Waals surface area contributed by atoms with Gasteiger partial charge in [-0.3, -0.25) is 9.59 Å². The summed E-state index contributed by atoms with van der Waals surface area (Å²) >= 11 is 0. The highest BCUT2D eigenvalue weighted by Gasteiger charge is 2.06. The van der Waals surface area contributed by atoms with Crippen molar-refractivity contribution < 1.29 is 9.59 Å². The quantitative estimate of drug-likeness (QED) is 0.615. The van der Waals surface area contributed by atoms with Gasteiger partial charge in [-0.15, -0.1) is 0 Å². The SMILES string of the molecule is Cc1ccc(NC(=O)CNc2cccc(NC(=O)c3ccccc3)c2)cc1. The minimum Gasteiger partial charge on any atom is -0.376 e. The molecule has 0 radical (unpaired) electrons. The number of hydrogen-bond acceptors (Lipinski definition) is 3. The Hall–Kier alpha value is -3.60. The Bertz CT molecular complexity index is 922. The van der Waals surface area contributed by atoms with E-state index >= 15 is 0 Å². The second kappa shape index (κ2) is 8.67. The fourth-order valence-corrected chi connectivity index (χ4v) is 2.52. The molecule has 5 nitrogen and oxygen atoms in total. The first-order valence-corrected chi connectivity index (χ1v) is 8.67. The van der Waals surface area contributed by atoms with Crippen molar-refractivity contribution >= 4 is 28.9 Å². The van der Waals surface area contributed by atoms with E-state index in [9.17, 15) is 9.59 Å². The number of aryl methyl sites for hydroxylation is 1. The number of carbonyl (C=O) groups is 2. The molecule has 2 amide bonds. The maximum Gasteiger partial charge on any atom is 0.255 e. The Labute approximate surface area is 158 Å². The van der Waals surface area contributed by atoms with Crippen LogP contribution in [-0.4, -0.2) is 18.4 Å². The maximum absolute atomic E-state index is 12.2. The lowest BCUT2D eigenvalue weighted by Gasteiger charge is -2.10. The predicted molar refractivity (Wildman–Crippen MR) is 109 cm³/mol. The number of carbonyl (C=O) groups excluding carboxylic acids is 2. The molecule has 3 aromatic rings. The Morgan fingerprint density at radius 2 is 1.44 bits per heavy atom. The molecule has 136 valence electrons. The standard InChI is InChI=1S/C22H21N3O2/c1-16-10-12-18(13-11-16)24-21(26)15-23-19-8-5-9-20(14-19)25-22(27)17-6-3-2-4-7-17/h2-14,23H,15H2,1H3,(H,24,26)(H,25,27). The highest BCUT2D eigenvalue weighted by molar-refractivity contribution is 6.04. The van der Waals surface area contributed by atoms with Crippen molar-refractivity contribution in [3.05, 3.63) is 90.0 Å². The zero-order valence-corrected chi connectivity index (χ0v) is 15.0. The smallest absolute Gasteiger partial charge is 0.255 e. The van der Waals surface area contributed by atoms with Crippen LogP contribution in [0.1, 0.15) is 15.9 Å². The Morgan fingerprint density at radius 1 is 0.741 bits per heavy atom. The molecular formula is C22H21N3O2. The maximum atomic E-state index is 12.2. The van der Waals surface area contributed by atoms with E-state index < -0.39 is 0 Å². The molecule has 3 rings (SSSR count). The van der Waals surface area contributed by atoms with Gasteiger partial charge in [-0.05, 0) is 49.4 Å². The van der Waals surface area contributed by atoms with E-state index in [1.807, 2.05) is 61.5 Å². The summed E-state index contributed by atoms with van der Waals surface area (Å²) in [5.41, 5.74) is 3.90. The molecule has 3 N–H and O–H groups in total. The summed E-state index contributed by atoms with van der Waals surface area (Å²) in [7, 11) is 0. The predicted octanol–water partition coefficient (Wildman–Crippen LogP) is 4.30. The van der Waals surface area contributed by atoms with Gasteiger partial charge in [-0.25, -0.2) is 0 Å². The number of hydrogen-bond donors (Lipinski definition) is 3. The van der Waals surface area contributed by atoms with Crippen LogP contribution >= 0.6 is 0 Å². The van der Waals surface area contributed by atoms with Crippen molar-refractivity contribution in [1.82, 2.24) is 0 Å². The summed E-state index contributed by atoms with van der Waals surface area (Å²) < 4.78 is 0. The third-order valence-corrected chi connectivity index (χ3v) is 3.94. The molecule has 27 heavy (non-hydrogen) atoms. The zero-order chi connectivity index (χ0) is 19.1. The van der Waals surface area contributed by atoms with E-state index in [1.165, 1.54) is 0 Å². The summed E-state index contributed by atoms with van der Waals surface area (Å²) in [5, 5.41) is 8.75. The normalized spacial score (nSPS) is 10.1. The molecule has 0 aromatic heterocycles. The molecule has 0 aliphatic rings. The van der Waals surface area contributed by atoms with Crippen LogP contribution in [0.4, 0.5) is 17.1 Å². The molecule has 0 fully saturated rings. The number of benzene rings is 3. The lowest BCUT2D eigenvalue weighted by molar-refractivity contribution is -0.114. The van der Waals surface area contributed by atoms with Gasteiger partial charge in [0.15, 0.2) is 0 Å². The van der Waals surface area contributed by atoms with E-state index in [2.05, 4.69) is 16.0 Å². The van der Waals surface area contributed by atoms with Gasteiger partial charge in [0.2, 0.25) is 5.91 Å². The summed E-state index contributed by atoms with van der Waals surface area (Å²) in [5.74, 6) is -0.317. The second-order valence-corrected chi connectivity index (χ2v) is 6.17. The van der Waals surface area contributed by atoms with Gasteiger partial charge in [0.05, 0.1) is 6.54 Å². The minimum absolute atomic E-state index is 0.129. The molecular weight excluding hydrogens is 338 g/mol. The van der Waals surface area contributed by atoms with Crippen molar-refractivity contribution in [2.45, 2.75) is 6.92 Å². The van der Waals surface area contributed by atoms with Crippen LogP contribution in [0.2, 0.25) is 0 Å². The van der Waals surface area contributed by atoms with Crippen molar-refractivity contribution in [3.8, 4) is 0 Å². The van der Waals surface area contributed by atoms with Gasteiger partial charge in [-0.2, -0.15) is 0 Å². The third kappa shape index (κ3) is 5.44. The molecule has 3 aromatic carbocycles. The molecule has 0 spiro atoms. The van der Waals surface area contributed by atoms with Crippen molar-refractivity contribution in [2.24, 2.45) is 0 Å². The number of rotatable bonds is 6. The van der Waals surface area contributed by atoms with Crippen molar-refractivity contribution in [1.29, 1.82) is 0 Å². The molecule has 0 heterocycles. The Balaban J connectivity index is 1.55. The Morgan fingerprint density at radius 3 is 2.19 bits per heavy atom. The number of anilines is 3. The zero-order valence-electron chi connectivity index (χ0n) is 15.0. The molecule has 0 aliphatic carbocycles. The van der Waals surface area contributed by atoms with Crippen molar-refractivity contribution in [2.75, 3.05) is 22.5 Å². The third-order valence-electron chi connectivity index (χ3n) is 3.94. The fraction of sp³-hybridized carbons (Fsp3) is 0.0909. The molecule has 0 bridgehead atoms. The van der Waals surface area contributed by atoms with E-state index in [1.54, 1.807) is 24.3 Å². The first-order valence-electron chi connectivity index (χ1n) is 8.67. The lowest BCUT2D eigenvalue weighted by atomic mass is 10.2. The summed E-state index contributed by atoms with van der Waals surface area (Å²) in [6.45, 7) is 2.13. The van der Waals surface area contributed by atoms with Gasteiger partial charge >= 0.3 is 0 Å². The van der Waals surface area contributed by atoms with Crippen LogP contribution in [0, 0.1) is 6.92 Å². The number of amides is 2. The highest BCUT2D eigenvalue weighted by atomic mass is 16.2. The van der Waals surface area contributed by atoms with Crippen LogP contribution in [0.3, 0.4) is 0 Å². The van der Waals surface area contributed by atoms with Crippen LogP contribution < -0.4 is 16.0 Å². The molecule has 0 atom stereocenters. The van der Waals surface area contributed by atoms with Gasteiger partial charge in [0, 0.05) is 22.6 Å². The summed E-state index contributed by atoms with van der Waals surface area (Å²) in [6.07, 6.45) is 0. The van der Waals surface area contributed by atoms with E-state index in [4.69, 9.17) is 0 Å². The van der Waals surface area contributed by atoms with Crippen molar-refractivity contribution in [3.63, 3.8) is 0 Å². The first-order chi connectivity index (χ1) is 13.1. The van der Waals surface area contributed by atoms with Gasteiger partial charge in [0.25, 0.3) is 5.91 Å². The molecule has 0 unspecified atom stereocenters. The van der Waals surface area contributed by atoms with Crippen LogP contribution in [0.5, 0.6) is 0 Å². The molecule has 0 aliphatic heterocycles. The van der Waals surface area contributed by atoms with Crippen LogP contribution in [0.15, 0.2) is 78.9 Å². The molecule has 0 saturated heterocycles. The Kier molecular flexibility index (Phi) is 5.84. The lowest BCUT2D eigenvalue weighted by Crippen LogP contribution is -2.21. The topological polar surface area (TPSA) is 70.2 Å². The fourth-order valence-electron chi connectivity index (χ4n) is 2.52. The van der Waals surface area contributed by atoms with Crippen LogP contribution in [-0.2, 0) is 4.79 Å². The van der Waals surface area contributed by atoms with E-state index in [0.29, 0.717) is 11.3 Å². The minimum atomic E-state index is -0.176. The average molecular weight is 359 g/mol. The van der Waals surface area contributed by atoms with E-state index in [0.717, 1.165) is 16.9 Å².